The quantitative estimate of drug-likeness (QED) is 0.918. The van der Waals surface area contributed by atoms with Gasteiger partial charge in [-0.1, -0.05) is 18.9 Å². The average Bonchev–Trinajstić information content (AvgIpc) is 2.92. The molecule has 1 saturated carbocycles. The number of pyridine rings is 1. The summed E-state index contributed by atoms with van der Waals surface area (Å²) in [6.45, 7) is 0.489. The molecule has 0 radical (unpaired) electrons. The van der Waals surface area contributed by atoms with Crippen LogP contribution in [-0.4, -0.2) is 35.4 Å². The third-order valence-electron chi connectivity index (χ3n) is 4.51. The van der Waals surface area contributed by atoms with Crippen LogP contribution in [0.2, 0.25) is 0 Å². The lowest BCUT2D eigenvalue weighted by atomic mass is 9.86. The van der Waals surface area contributed by atoms with E-state index in [0.29, 0.717) is 18.0 Å². The summed E-state index contributed by atoms with van der Waals surface area (Å²) in [7, 11) is -3.49. The van der Waals surface area contributed by atoms with E-state index in [1.165, 1.54) is 18.7 Å². The summed E-state index contributed by atoms with van der Waals surface area (Å²) in [5.41, 5.74) is 0.626. The van der Waals surface area contributed by atoms with Gasteiger partial charge in [0.15, 0.2) is 5.03 Å². The first-order chi connectivity index (χ1) is 9.63. The van der Waals surface area contributed by atoms with Crippen molar-refractivity contribution in [2.45, 2.75) is 49.8 Å². The molecule has 2 aliphatic rings. The molecular weight excluding hydrogens is 276 g/mol. The fourth-order valence-corrected chi connectivity index (χ4v) is 5.08. The van der Waals surface area contributed by atoms with Crippen LogP contribution in [0.15, 0.2) is 23.4 Å². The van der Waals surface area contributed by atoms with Gasteiger partial charge in [0.2, 0.25) is 0 Å². The van der Waals surface area contributed by atoms with Crippen LogP contribution in [-0.2, 0) is 16.6 Å². The molecule has 0 amide bonds. The Kier molecular flexibility index (Phi) is 3.79. The predicted octanol–water partition coefficient (Wildman–Crippen LogP) is 1.53. The Morgan fingerprint density at radius 3 is 2.75 bits per heavy atom. The van der Waals surface area contributed by atoms with Crippen molar-refractivity contribution in [3.63, 3.8) is 0 Å². The Hall–Kier alpha value is -0.980. The molecule has 3 rings (SSSR count). The van der Waals surface area contributed by atoms with Crippen molar-refractivity contribution >= 4 is 10.0 Å². The van der Waals surface area contributed by atoms with Crippen molar-refractivity contribution in [3.8, 4) is 0 Å². The average molecular weight is 296 g/mol. The van der Waals surface area contributed by atoms with Crippen LogP contribution in [0.4, 0.5) is 0 Å². The minimum atomic E-state index is -3.49. The molecule has 1 aromatic rings. The molecule has 6 heteroatoms. The van der Waals surface area contributed by atoms with Gasteiger partial charge in [0.1, 0.15) is 0 Å². The number of nitrogens with zero attached hydrogens (tertiary/aromatic N) is 2. The molecule has 1 saturated heterocycles. The zero-order valence-electron chi connectivity index (χ0n) is 11.4. The monoisotopic (exact) mass is 296 g/mol. The molecule has 1 aliphatic carbocycles. The second-order valence-electron chi connectivity index (χ2n) is 5.68. The summed E-state index contributed by atoms with van der Waals surface area (Å²) in [5, 5.41) is 9.10. The molecule has 0 aromatic carbocycles. The molecule has 5 nitrogen and oxygen atoms in total. The maximum absolute atomic E-state index is 12.7. The molecule has 1 aliphatic heterocycles. The smallest absolute Gasteiger partial charge is 0.260 e. The highest BCUT2D eigenvalue weighted by Gasteiger charge is 2.42. The van der Waals surface area contributed by atoms with E-state index in [9.17, 15) is 8.42 Å². The number of aromatic nitrogens is 1. The maximum Gasteiger partial charge on any atom is 0.260 e. The lowest BCUT2D eigenvalue weighted by Crippen LogP contribution is -2.39. The standard InChI is InChI=1S/C14H20N2O3S/c17-10-11-5-6-14(15-9-11)20(18,19)16-8-7-12-3-1-2-4-13(12)16/h5-6,9,12-13,17H,1-4,7-8,10H2. The molecule has 2 unspecified atom stereocenters. The van der Waals surface area contributed by atoms with Crippen molar-refractivity contribution in [3.05, 3.63) is 23.9 Å². The lowest BCUT2D eigenvalue weighted by molar-refractivity contribution is 0.260. The van der Waals surface area contributed by atoms with E-state index < -0.39 is 10.0 Å². The van der Waals surface area contributed by atoms with Gasteiger partial charge in [-0.3, -0.25) is 0 Å². The van der Waals surface area contributed by atoms with Crippen molar-refractivity contribution < 1.29 is 13.5 Å². The molecule has 2 atom stereocenters. The molecule has 1 N–H and O–H groups in total. The molecule has 110 valence electrons. The number of aliphatic hydroxyl groups excluding tert-OH is 1. The first-order valence-electron chi connectivity index (χ1n) is 7.20. The largest absolute Gasteiger partial charge is 0.392 e. The Balaban J connectivity index is 1.87. The Labute approximate surface area is 119 Å². The maximum atomic E-state index is 12.7. The number of sulfonamides is 1. The minimum Gasteiger partial charge on any atom is -0.392 e. The molecule has 2 fully saturated rings. The van der Waals surface area contributed by atoms with E-state index in [0.717, 1.165) is 25.7 Å². The Morgan fingerprint density at radius 2 is 2.05 bits per heavy atom. The van der Waals surface area contributed by atoms with E-state index >= 15 is 0 Å². The van der Waals surface area contributed by atoms with Gasteiger partial charge >= 0.3 is 0 Å². The highest BCUT2D eigenvalue weighted by Crippen LogP contribution is 2.38. The molecule has 0 bridgehead atoms. The third-order valence-corrected chi connectivity index (χ3v) is 6.35. The highest BCUT2D eigenvalue weighted by molar-refractivity contribution is 7.89. The van der Waals surface area contributed by atoms with Crippen LogP contribution in [0.25, 0.3) is 0 Å². The van der Waals surface area contributed by atoms with Crippen LogP contribution >= 0.6 is 0 Å². The molecular formula is C14H20N2O3S. The number of hydrogen-bond donors (Lipinski definition) is 1. The highest BCUT2D eigenvalue weighted by atomic mass is 32.2. The summed E-state index contributed by atoms with van der Waals surface area (Å²) in [5.74, 6) is 0.523. The van der Waals surface area contributed by atoms with Crippen LogP contribution in [0.5, 0.6) is 0 Å². The van der Waals surface area contributed by atoms with Gasteiger partial charge in [0.25, 0.3) is 10.0 Å². The third kappa shape index (κ3) is 2.36. The van der Waals surface area contributed by atoms with Crippen LogP contribution in [0, 0.1) is 5.92 Å². The van der Waals surface area contributed by atoms with Gasteiger partial charge in [-0.25, -0.2) is 13.4 Å². The van der Waals surface area contributed by atoms with Crippen molar-refractivity contribution in [2.75, 3.05) is 6.54 Å². The first-order valence-corrected chi connectivity index (χ1v) is 8.64. The van der Waals surface area contributed by atoms with Gasteiger partial charge in [0.05, 0.1) is 6.61 Å². The second kappa shape index (κ2) is 5.42. The summed E-state index contributed by atoms with van der Waals surface area (Å²) in [6, 6.07) is 3.28. The second-order valence-corrected chi connectivity index (χ2v) is 7.52. The fourth-order valence-electron chi connectivity index (χ4n) is 3.44. The summed E-state index contributed by atoms with van der Waals surface area (Å²) >= 11 is 0. The summed E-state index contributed by atoms with van der Waals surface area (Å²) in [4.78, 5) is 4.01. The van der Waals surface area contributed by atoms with Gasteiger partial charge < -0.3 is 5.11 Å². The molecule has 1 aromatic heterocycles. The fraction of sp³-hybridized carbons (Fsp3) is 0.643. The zero-order valence-corrected chi connectivity index (χ0v) is 12.2. The Morgan fingerprint density at radius 1 is 1.25 bits per heavy atom. The van der Waals surface area contributed by atoms with E-state index in [1.807, 2.05) is 0 Å². The lowest BCUT2D eigenvalue weighted by Gasteiger charge is -2.30. The van der Waals surface area contributed by atoms with E-state index in [4.69, 9.17) is 5.11 Å². The van der Waals surface area contributed by atoms with Crippen LogP contribution in [0.1, 0.15) is 37.7 Å². The van der Waals surface area contributed by atoms with Crippen molar-refractivity contribution in [1.82, 2.24) is 9.29 Å². The number of rotatable bonds is 3. The predicted molar refractivity (Wildman–Crippen MR) is 74.4 cm³/mol. The van der Waals surface area contributed by atoms with E-state index in [2.05, 4.69) is 4.98 Å². The molecule has 20 heavy (non-hydrogen) atoms. The van der Waals surface area contributed by atoms with E-state index in [1.54, 1.807) is 10.4 Å². The first kappa shape index (κ1) is 14.0. The van der Waals surface area contributed by atoms with Gasteiger partial charge in [0, 0.05) is 18.8 Å². The van der Waals surface area contributed by atoms with Crippen LogP contribution < -0.4 is 0 Å². The number of fused-ring (bicyclic) bond motifs is 1. The van der Waals surface area contributed by atoms with Crippen LogP contribution in [0.3, 0.4) is 0 Å². The summed E-state index contributed by atoms with van der Waals surface area (Å²) < 4.78 is 27.0. The summed E-state index contributed by atoms with van der Waals surface area (Å²) in [6.07, 6.45) is 6.86. The van der Waals surface area contributed by atoms with Crippen molar-refractivity contribution in [1.29, 1.82) is 0 Å². The minimum absolute atomic E-state index is 0.0981. The zero-order chi connectivity index (χ0) is 14.2. The molecule has 0 spiro atoms. The number of hydrogen-bond acceptors (Lipinski definition) is 4. The molecule has 2 heterocycles. The van der Waals surface area contributed by atoms with Gasteiger partial charge in [-0.15, -0.1) is 0 Å². The Bertz CT molecular complexity index is 571. The number of aliphatic hydroxyl groups is 1. The van der Waals surface area contributed by atoms with Gasteiger partial charge in [-0.05, 0) is 36.8 Å². The van der Waals surface area contributed by atoms with E-state index in [-0.39, 0.29) is 17.7 Å². The normalized spacial score (nSPS) is 27.4. The van der Waals surface area contributed by atoms with Gasteiger partial charge in [-0.2, -0.15) is 4.31 Å². The van der Waals surface area contributed by atoms with Crippen molar-refractivity contribution in [2.24, 2.45) is 5.92 Å². The topological polar surface area (TPSA) is 70.5 Å². The SMILES string of the molecule is O=S(=O)(c1ccc(CO)cn1)N1CCC2CCCCC21.